The molecule has 3 heterocycles. The van der Waals surface area contributed by atoms with E-state index in [1.807, 2.05) is 12.3 Å². The number of hydrogen-bond acceptors (Lipinski definition) is 5. The first-order chi connectivity index (χ1) is 12.6. The van der Waals surface area contributed by atoms with Crippen LogP contribution < -0.4 is 5.32 Å². The molecule has 3 aromatic rings. The zero-order valence-electron chi connectivity index (χ0n) is 14.1. The number of hydrogen-bond donors (Lipinski definition) is 1. The number of carbonyl (C=O) groups is 1. The van der Waals surface area contributed by atoms with Gasteiger partial charge in [-0.05, 0) is 31.2 Å². The summed E-state index contributed by atoms with van der Waals surface area (Å²) in [6.07, 6.45) is 2.09. The quantitative estimate of drug-likeness (QED) is 0.760. The van der Waals surface area contributed by atoms with Crippen LogP contribution in [0.5, 0.6) is 0 Å². The van der Waals surface area contributed by atoms with E-state index >= 15 is 0 Å². The highest BCUT2D eigenvalue weighted by atomic mass is 32.1. The van der Waals surface area contributed by atoms with Gasteiger partial charge in [0.1, 0.15) is 22.3 Å². The number of urea groups is 1. The number of aromatic nitrogens is 2. The van der Waals surface area contributed by atoms with Crippen LogP contribution in [-0.4, -0.2) is 27.4 Å². The van der Waals surface area contributed by atoms with Crippen LogP contribution in [0.15, 0.2) is 40.5 Å². The summed E-state index contributed by atoms with van der Waals surface area (Å²) >= 11 is 1.47. The highest BCUT2D eigenvalue weighted by Gasteiger charge is 2.25. The van der Waals surface area contributed by atoms with Crippen molar-refractivity contribution in [3.63, 3.8) is 0 Å². The van der Waals surface area contributed by atoms with E-state index in [2.05, 4.69) is 15.3 Å². The largest absolute Gasteiger partial charge is 0.448 e. The van der Waals surface area contributed by atoms with Crippen molar-refractivity contribution >= 4 is 17.4 Å². The Kier molecular flexibility index (Phi) is 4.42. The van der Waals surface area contributed by atoms with Crippen molar-refractivity contribution in [2.75, 3.05) is 6.54 Å². The van der Waals surface area contributed by atoms with Gasteiger partial charge < -0.3 is 14.6 Å². The number of carbonyl (C=O) groups excluding carboxylic acids is 1. The average Bonchev–Trinajstić information content (AvgIpc) is 3.31. The number of nitrogens with one attached hydrogen (secondary N) is 1. The van der Waals surface area contributed by atoms with Gasteiger partial charge in [0, 0.05) is 23.9 Å². The van der Waals surface area contributed by atoms with Crippen LogP contribution in [0.1, 0.15) is 30.1 Å². The average molecular weight is 372 g/mol. The zero-order chi connectivity index (χ0) is 18.1. The summed E-state index contributed by atoms with van der Waals surface area (Å²) in [5.41, 5.74) is 2.45. The van der Waals surface area contributed by atoms with Crippen LogP contribution in [0.2, 0.25) is 0 Å². The minimum atomic E-state index is -0.275. The van der Waals surface area contributed by atoms with Gasteiger partial charge in [-0.25, -0.2) is 19.2 Å². The number of nitrogens with zero attached hydrogens (tertiary/aromatic N) is 3. The molecule has 26 heavy (non-hydrogen) atoms. The van der Waals surface area contributed by atoms with Crippen LogP contribution >= 0.6 is 11.3 Å². The number of benzene rings is 1. The van der Waals surface area contributed by atoms with Gasteiger partial charge in [-0.1, -0.05) is 0 Å². The van der Waals surface area contributed by atoms with Gasteiger partial charge in [-0.15, -0.1) is 11.3 Å². The van der Waals surface area contributed by atoms with Crippen molar-refractivity contribution < 1.29 is 13.6 Å². The number of halogens is 1. The molecule has 2 amide bonds. The summed E-state index contributed by atoms with van der Waals surface area (Å²) in [6, 6.07) is 5.84. The van der Waals surface area contributed by atoms with E-state index in [0.717, 1.165) is 27.7 Å². The van der Waals surface area contributed by atoms with Crippen molar-refractivity contribution in [3.8, 4) is 10.6 Å². The monoisotopic (exact) mass is 372 g/mol. The second-order valence-corrected chi connectivity index (χ2v) is 7.01. The lowest BCUT2D eigenvalue weighted by atomic mass is 10.2. The van der Waals surface area contributed by atoms with Crippen LogP contribution in [-0.2, 0) is 13.0 Å². The Morgan fingerprint density at radius 1 is 1.38 bits per heavy atom. The van der Waals surface area contributed by atoms with Crippen molar-refractivity contribution in [3.05, 3.63) is 59.0 Å². The molecule has 1 aliphatic heterocycles. The Hall–Kier alpha value is -2.74. The Morgan fingerprint density at radius 2 is 2.19 bits per heavy atom. The van der Waals surface area contributed by atoms with Crippen molar-refractivity contribution in [2.45, 2.75) is 25.9 Å². The standard InChI is InChI=1S/C18H17FN4O2S/c1-11(15-9-26-17(22-15)12-2-4-13(19)5-3-12)21-18(24)23-7-6-16-14(8-23)20-10-25-16/h2-5,9-11H,6-8H2,1H3,(H,21,24). The maximum absolute atomic E-state index is 13.0. The van der Waals surface area contributed by atoms with Crippen LogP contribution in [0.25, 0.3) is 10.6 Å². The summed E-state index contributed by atoms with van der Waals surface area (Å²) in [5, 5.41) is 5.69. The number of thiazole rings is 1. The molecule has 0 bridgehead atoms. The SMILES string of the molecule is CC(NC(=O)N1CCc2ocnc2C1)c1csc(-c2ccc(F)cc2)n1. The number of rotatable bonds is 3. The lowest BCUT2D eigenvalue weighted by molar-refractivity contribution is 0.186. The van der Waals surface area contributed by atoms with Crippen molar-refractivity contribution in [1.82, 2.24) is 20.2 Å². The first kappa shape index (κ1) is 16.7. The smallest absolute Gasteiger partial charge is 0.318 e. The van der Waals surface area contributed by atoms with Gasteiger partial charge in [-0.2, -0.15) is 0 Å². The third-order valence-corrected chi connectivity index (χ3v) is 5.27. The normalized spacial score (nSPS) is 14.8. The molecular weight excluding hydrogens is 355 g/mol. The Balaban J connectivity index is 1.41. The van der Waals surface area contributed by atoms with E-state index < -0.39 is 0 Å². The van der Waals surface area contributed by atoms with Gasteiger partial charge in [0.05, 0.1) is 18.3 Å². The number of amides is 2. The second-order valence-electron chi connectivity index (χ2n) is 6.15. The van der Waals surface area contributed by atoms with Gasteiger partial charge in [0.15, 0.2) is 6.39 Å². The van der Waals surface area contributed by atoms with E-state index in [1.54, 1.807) is 17.0 Å². The molecule has 1 atom stereocenters. The molecule has 8 heteroatoms. The predicted octanol–water partition coefficient (Wildman–Crippen LogP) is 3.77. The topological polar surface area (TPSA) is 71.3 Å². The molecule has 0 radical (unpaired) electrons. The van der Waals surface area contributed by atoms with Gasteiger partial charge in [0.25, 0.3) is 0 Å². The van der Waals surface area contributed by atoms with E-state index in [0.29, 0.717) is 19.5 Å². The zero-order valence-corrected chi connectivity index (χ0v) is 14.9. The molecule has 0 aliphatic carbocycles. The fraction of sp³-hybridized carbons (Fsp3) is 0.278. The van der Waals surface area contributed by atoms with Crippen LogP contribution in [0.4, 0.5) is 9.18 Å². The van der Waals surface area contributed by atoms with E-state index in [1.165, 1.54) is 29.9 Å². The number of oxazole rings is 1. The molecule has 1 aliphatic rings. The summed E-state index contributed by atoms with van der Waals surface area (Å²) in [6.45, 7) is 2.94. The molecule has 0 spiro atoms. The maximum Gasteiger partial charge on any atom is 0.318 e. The molecule has 0 saturated carbocycles. The predicted molar refractivity (Wildman–Crippen MR) is 95.1 cm³/mol. The minimum Gasteiger partial charge on any atom is -0.448 e. The Labute approximate surface area is 153 Å². The van der Waals surface area contributed by atoms with E-state index in [-0.39, 0.29) is 17.9 Å². The molecule has 134 valence electrons. The Bertz CT molecular complexity index is 921. The summed E-state index contributed by atoms with van der Waals surface area (Å²) in [7, 11) is 0. The first-order valence-corrected chi connectivity index (χ1v) is 9.16. The van der Waals surface area contributed by atoms with Gasteiger partial charge >= 0.3 is 6.03 Å². The van der Waals surface area contributed by atoms with Gasteiger partial charge in [0.2, 0.25) is 0 Å². The summed E-state index contributed by atoms with van der Waals surface area (Å²) in [5.74, 6) is 0.577. The molecular formula is C18H17FN4O2S. The van der Waals surface area contributed by atoms with Crippen LogP contribution in [0.3, 0.4) is 0 Å². The van der Waals surface area contributed by atoms with E-state index in [4.69, 9.17) is 4.42 Å². The minimum absolute atomic E-state index is 0.150. The Morgan fingerprint density at radius 3 is 3.00 bits per heavy atom. The lowest BCUT2D eigenvalue weighted by Crippen LogP contribution is -2.43. The highest BCUT2D eigenvalue weighted by molar-refractivity contribution is 7.13. The molecule has 1 aromatic carbocycles. The highest BCUT2D eigenvalue weighted by Crippen LogP contribution is 2.26. The molecule has 4 rings (SSSR count). The fourth-order valence-electron chi connectivity index (χ4n) is 2.86. The molecule has 2 aromatic heterocycles. The molecule has 1 N–H and O–H groups in total. The molecule has 0 saturated heterocycles. The second kappa shape index (κ2) is 6.87. The summed E-state index contributed by atoms with van der Waals surface area (Å²) < 4.78 is 18.3. The molecule has 6 nitrogen and oxygen atoms in total. The van der Waals surface area contributed by atoms with Crippen molar-refractivity contribution in [1.29, 1.82) is 0 Å². The van der Waals surface area contributed by atoms with E-state index in [9.17, 15) is 9.18 Å². The van der Waals surface area contributed by atoms with Crippen LogP contribution in [0, 0.1) is 5.82 Å². The van der Waals surface area contributed by atoms with Crippen molar-refractivity contribution in [2.24, 2.45) is 0 Å². The lowest BCUT2D eigenvalue weighted by Gasteiger charge is -2.27. The van der Waals surface area contributed by atoms with Gasteiger partial charge in [-0.3, -0.25) is 0 Å². The molecule has 1 unspecified atom stereocenters. The maximum atomic E-state index is 13.0. The first-order valence-electron chi connectivity index (χ1n) is 8.28. The third-order valence-electron chi connectivity index (χ3n) is 4.36. The number of fused-ring (bicyclic) bond motifs is 1. The molecule has 0 fully saturated rings. The third kappa shape index (κ3) is 3.32. The fourth-order valence-corrected chi connectivity index (χ4v) is 3.78. The summed E-state index contributed by atoms with van der Waals surface area (Å²) in [4.78, 5) is 23.0.